The summed E-state index contributed by atoms with van der Waals surface area (Å²) in [4.78, 5) is 10.6. The van der Waals surface area contributed by atoms with Crippen LogP contribution < -0.4 is 16.8 Å². The number of carboxylic acid groups (broad SMARTS) is 1. The molecule has 7 N–H and O–H groups in total. The molecule has 0 spiro atoms. The highest BCUT2D eigenvalue weighted by Gasteiger charge is 2.31. The Kier molecular flexibility index (Phi) is 3.87. The van der Waals surface area contributed by atoms with Crippen molar-refractivity contribution in [2.24, 2.45) is 11.5 Å². The quantitative estimate of drug-likeness (QED) is 0.286. The number of carboxylic acids is 1. The van der Waals surface area contributed by atoms with Crippen LogP contribution in [0.1, 0.15) is 12.8 Å². The van der Waals surface area contributed by atoms with Crippen molar-refractivity contribution in [3.8, 4) is 0 Å². The molecule has 3 unspecified atom stereocenters. The monoisotopic (exact) mass is 216 g/mol. The van der Waals surface area contributed by atoms with Gasteiger partial charge in [0.2, 0.25) is 0 Å². The molecule has 0 radical (unpaired) electrons. The van der Waals surface area contributed by atoms with E-state index in [2.05, 4.69) is 5.32 Å². The largest absolute Gasteiger partial charge is 0.480 e. The van der Waals surface area contributed by atoms with Crippen LogP contribution >= 0.6 is 0 Å². The number of ether oxygens (including phenoxy) is 1. The molecule has 1 saturated heterocycles. The second-order valence-corrected chi connectivity index (χ2v) is 3.55. The molecule has 1 fully saturated rings. The molecule has 0 aliphatic carbocycles. The number of rotatable bonds is 3. The molecule has 0 bridgehead atoms. The van der Waals surface area contributed by atoms with E-state index in [0.717, 1.165) is 0 Å². The van der Waals surface area contributed by atoms with E-state index in [1.165, 1.54) is 0 Å². The Morgan fingerprint density at radius 2 is 2.33 bits per heavy atom. The summed E-state index contributed by atoms with van der Waals surface area (Å²) in [6, 6.07) is -1.06. The molecule has 1 aliphatic heterocycles. The average Bonchev–Trinajstić information content (AvgIpc) is 2.16. The summed E-state index contributed by atoms with van der Waals surface area (Å²) in [5, 5.41) is 18.5. The molecule has 0 aromatic carbocycles. The first-order valence-corrected chi connectivity index (χ1v) is 4.71. The summed E-state index contributed by atoms with van der Waals surface area (Å²) in [6.07, 6.45) is 0.628. The van der Waals surface area contributed by atoms with E-state index >= 15 is 0 Å². The van der Waals surface area contributed by atoms with Gasteiger partial charge in [0.15, 0.2) is 5.96 Å². The Morgan fingerprint density at radius 1 is 1.67 bits per heavy atom. The van der Waals surface area contributed by atoms with Crippen molar-refractivity contribution in [1.82, 2.24) is 5.32 Å². The molecular formula is C8H16N4O3. The van der Waals surface area contributed by atoms with E-state index in [9.17, 15) is 4.79 Å². The fourth-order valence-corrected chi connectivity index (χ4v) is 1.59. The Labute approximate surface area is 87.3 Å². The van der Waals surface area contributed by atoms with Crippen LogP contribution in [0.4, 0.5) is 0 Å². The second kappa shape index (κ2) is 4.94. The highest BCUT2D eigenvalue weighted by molar-refractivity contribution is 5.75. The van der Waals surface area contributed by atoms with Crippen LogP contribution in [0.3, 0.4) is 0 Å². The number of hydrogen-bond donors (Lipinski definition) is 5. The number of aliphatic carboxylic acids is 1. The predicted octanol–water partition coefficient (Wildman–Crippen LogP) is -1.57. The van der Waals surface area contributed by atoms with Crippen LogP contribution in [-0.4, -0.2) is 41.8 Å². The van der Waals surface area contributed by atoms with E-state index < -0.39 is 18.1 Å². The maximum Gasteiger partial charge on any atom is 0.323 e. The fourth-order valence-electron chi connectivity index (χ4n) is 1.59. The summed E-state index contributed by atoms with van der Waals surface area (Å²) in [5.41, 5.74) is 10.6. The number of hydrogen-bond acceptors (Lipinski definition) is 4. The van der Waals surface area contributed by atoms with E-state index in [4.69, 9.17) is 26.7 Å². The summed E-state index contributed by atoms with van der Waals surface area (Å²) in [7, 11) is 0. The highest BCUT2D eigenvalue weighted by atomic mass is 16.5. The standard InChI is InChI=1S/C8H16N4O3/c9-6(7(13)14)5-3-4(1-2-15-5)12-8(10)11/h4-6H,1-3,9H2,(H,13,14)(H4,10,11,12). The lowest BCUT2D eigenvalue weighted by Crippen LogP contribution is -2.51. The number of guanidine groups is 1. The molecule has 86 valence electrons. The molecular weight excluding hydrogens is 200 g/mol. The summed E-state index contributed by atoms with van der Waals surface area (Å²) in [6.45, 7) is 0.427. The molecule has 0 saturated carbocycles. The minimum atomic E-state index is -1.08. The zero-order chi connectivity index (χ0) is 11.4. The van der Waals surface area contributed by atoms with Gasteiger partial charge < -0.3 is 26.6 Å². The van der Waals surface area contributed by atoms with Gasteiger partial charge in [-0.1, -0.05) is 0 Å². The molecule has 0 amide bonds. The SMILES string of the molecule is N=C(N)NC1CCOC(C(N)C(=O)O)C1. The third-order valence-corrected chi connectivity index (χ3v) is 2.36. The zero-order valence-corrected chi connectivity index (χ0v) is 8.27. The first-order chi connectivity index (χ1) is 7.00. The maximum atomic E-state index is 10.6. The van der Waals surface area contributed by atoms with E-state index in [1.807, 2.05) is 0 Å². The Bertz CT molecular complexity index is 258. The minimum absolute atomic E-state index is 0.0355. The van der Waals surface area contributed by atoms with Crippen LogP contribution in [0, 0.1) is 5.41 Å². The van der Waals surface area contributed by atoms with E-state index in [-0.39, 0.29) is 12.0 Å². The molecule has 7 nitrogen and oxygen atoms in total. The number of carbonyl (C=O) groups is 1. The van der Waals surface area contributed by atoms with Crippen LogP contribution in [0.15, 0.2) is 0 Å². The first kappa shape index (κ1) is 11.7. The van der Waals surface area contributed by atoms with E-state index in [1.54, 1.807) is 0 Å². The third-order valence-electron chi connectivity index (χ3n) is 2.36. The van der Waals surface area contributed by atoms with Crippen LogP contribution in [0.2, 0.25) is 0 Å². The van der Waals surface area contributed by atoms with Gasteiger partial charge in [-0.3, -0.25) is 10.2 Å². The Hall–Kier alpha value is -1.34. The van der Waals surface area contributed by atoms with Crippen molar-refractivity contribution in [3.63, 3.8) is 0 Å². The third kappa shape index (κ3) is 3.37. The van der Waals surface area contributed by atoms with Crippen molar-refractivity contribution >= 4 is 11.9 Å². The van der Waals surface area contributed by atoms with Gasteiger partial charge in [0.25, 0.3) is 0 Å². The van der Waals surface area contributed by atoms with Gasteiger partial charge in [-0.05, 0) is 12.8 Å². The summed E-state index contributed by atoms with van der Waals surface area (Å²) in [5.74, 6) is -1.20. The molecule has 1 heterocycles. The van der Waals surface area contributed by atoms with Gasteiger partial charge in [-0.15, -0.1) is 0 Å². The lowest BCUT2D eigenvalue weighted by atomic mass is 9.98. The predicted molar refractivity (Wildman–Crippen MR) is 53.4 cm³/mol. The summed E-state index contributed by atoms with van der Waals surface area (Å²) < 4.78 is 5.26. The van der Waals surface area contributed by atoms with Crippen molar-refractivity contribution in [3.05, 3.63) is 0 Å². The normalized spacial score (nSPS) is 28.1. The van der Waals surface area contributed by atoms with Gasteiger partial charge in [-0.25, -0.2) is 0 Å². The molecule has 0 aromatic rings. The number of nitrogens with two attached hydrogens (primary N) is 2. The van der Waals surface area contributed by atoms with E-state index in [0.29, 0.717) is 19.4 Å². The smallest absolute Gasteiger partial charge is 0.323 e. The molecule has 1 rings (SSSR count). The molecule has 7 heteroatoms. The molecule has 0 aromatic heterocycles. The van der Waals surface area contributed by atoms with Crippen LogP contribution in [0.25, 0.3) is 0 Å². The van der Waals surface area contributed by atoms with Gasteiger partial charge in [-0.2, -0.15) is 0 Å². The van der Waals surface area contributed by atoms with Crippen molar-refractivity contribution in [1.29, 1.82) is 5.41 Å². The second-order valence-electron chi connectivity index (χ2n) is 3.55. The maximum absolute atomic E-state index is 10.6. The Morgan fingerprint density at radius 3 is 2.87 bits per heavy atom. The topological polar surface area (TPSA) is 134 Å². The minimum Gasteiger partial charge on any atom is -0.480 e. The highest BCUT2D eigenvalue weighted by Crippen LogP contribution is 2.16. The molecule has 1 aliphatic rings. The van der Waals surface area contributed by atoms with Crippen molar-refractivity contribution in [2.75, 3.05) is 6.61 Å². The first-order valence-electron chi connectivity index (χ1n) is 4.71. The van der Waals surface area contributed by atoms with Crippen molar-refractivity contribution < 1.29 is 14.6 Å². The van der Waals surface area contributed by atoms with Crippen LogP contribution in [-0.2, 0) is 9.53 Å². The summed E-state index contributed by atoms with van der Waals surface area (Å²) >= 11 is 0. The Balaban J connectivity index is 2.48. The van der Waals surface area contributed by atoms with Gasteiger partial charge >= 0.3 is 5.97 Å². The van der Waals surface area contributed by atoms with Crippen molar-refractivity contribution in [2.45, 2.75) is 31.0 Å². The lowest BCUT2D eigenvalue weighted by Gasteiger charge is -2.31. The van der Waals surface area contributed by atoms with Crippen LogP contribution in [0.5, 0.6) is 0 Å². The van der Waals surface area contributed by atoms with Gasteiger partial charge in [0, 0.05) is 12.6 Å². The fraction of sp³-hybridized carbons (Fsp3) is 0.750. The molecule has 3 atom stereocenters. The lowest BCUT2D eigenvalue weighted by molar-refractivity contribution is -0.143. The van der Waals surface area contributed by atoms with Gasteiger partial charge in [0.05, 0.1) is 6.10 Å². The molecule has 15 heavy (non-hydrogen) atoms. The number of nitrogens with one attached hydrogen (secondary N) is 2. The van der Waals surface area contributed by atoms with Gasteiger partial charge in [0.1, 0.15) is 6.04 Å². The average molecular weight is 216 g/mol. The zero-order valence-electron chi connectivity index (χ0n) is 8.27.